The van der Waals surface area contributed by atoms with Crippen LogP contribution >= 0.6 is 0 Å². The highest BCUT2D eigenvalue weighted by Gasteiger charge is 2.38. The fraction of sp³-hybridized carbons (Fsp3) is 0.919. The molecule has 11 nitrogen and oxygen atoms in total. The predicted molar refractivity (Wildman–Crippen MR) is 298 cm³/mol. The van der Waals surface area contributed by atoms with E-state index in [4.69, 9.17) is 18.9 Å². The number of carbonyl (C=O) groups is 5. The van der Waals surface area contributed by atoms with Crippen LogP contribution in [0.25, 0.3) is 0 Å². The lowest BCUT2D eigenvalue weighted by atomic mass is 9.79. The molecule has 11 heteroatoms. The van der Waals surface area contributed by atoms with Gasteiger partial charge in [0.25, 0.3) is 0 Å². The maximum absolute atomic E-state index is 13.3. The van der Waals surface area contributed by atoms with E-state index in [0.29, 0.717) is 95.9 Å². The molecule has 0 aromatic rings. The smallest absolute Gasteiger partial charge is 0.305 e. The molecular weight excluding hydrogens is 917 g/mol. The predicted octanol–water partition coefficient (Wildman–Crippen LogP) is 15.6. The monoisotopic (exact) mass is 1030 g/mol. The lowest BCUT2D eigenvalue weighted by Crippen LogP contribution is -2.47. The topological polar surface area (TPSA) is 129 Å². The van der Waals surface area contributed by atoms with Gasteiger partial charge in [-0.05, 0) is 115 Å². The fourth-order valence-electron chi connectivity index (χ4n) is 10.7. The van der Waals surface area contributed by atoms with E-state index in [1.54, 1.807) is 0 Å². The average molecular weight is 1030 g/mol. The molecule has 0 aromatic heterocycles. The summed E-state index contributed by atoms with van der Waals surface area (Å²) < 4.78 is 23.4. The van der Waals surface area contributed by atoms with Crippen LogP contribution in [-0.2, 0) is 42.9 Å². The normalized spacial score (nSPS) is 15.7. The number of piperidine rings is 2. The van der Waals surface area contributed by atoms with Crippen molar-refractivity contribution in [3.05, 3.63) is 0 Å². The molecule has 2 aliphatic rings. The van der Waals surface area contributed by atoms with Crippen molar-refractivity contribution in [3.63, 3.8) is 0 Å². The largest absolute Gasteiger partial charge is 0.465 e. The first-order chi connectivity index (χ1) is 35.6. The second kappa shape index (κ2) is 45.5. The zero-order valence-electron chi connectivity index (χ0n) is 48.1. The van der Waals surface area contributed by atoms with Crippen molar-refractivity contribution >= 4 is 29.8 Å². The van der Waals surface area contributed by atoms with E-state index in [1.165, 1.54) is 148 Å². The second-order valence-corrected chi connectivity index (χ2v) is 22.7. The molecule has 0 bridgehead atoms. The van der Waals surface area contributed by atoms with E-state index in [-0.39, 0.29) is 55.8 Å². The van der Waals surface area contributed by atoms with E-state index >= 15 is 0 Å². The average Bonchev–Trinajstić information content (AvgIpc) is 3.40. The SMILES string of the molecule is CCCCCCCCC(CCCCCC)COC(=O)CCCCCC(=O)OCC1(COC(=O)CCCCCC(=O)OCC(CCCCCC)CCCCCCCC)CCN(C(=O)CCCN2CCCCC2)CC1. The molecule has 0 radical (unpaired) electrons. The number of carbonyl (C=O) groups excluding carboxylic acids is 5. The number of esters is 4. The van der Waals surface area contributed by atoms with Crippen LogP contribution in [0.4, 0.5) is 0 Å². The van der Waals surface area contributed by atoms with Gasteiger partial charge in [0.1, 0.15) is 13.2 Å². The van der Waals surface area contributed by atoms with E-state index < -0.39 is 5.41 Å². The highest BCUT2D eigenvalue weighted by molar-refractivity contribution is 5.76. The van der Waals surface area contributed by atoms with E-state index in [1.807, 2.05) is 4.90 Å². The van der Waals surface area contributed by atoms with Crippen LogP contribution in [-0.4, -0.2) is 98.7 Å². The van der Waals surface area contributed by atoms with Crippen molar-refractivity contribution in [3.8, 4) is 0 Å². The fourth-order valence-corrected chi connectivity index (χ4v) is 10.7. The van der Waals surface area contributed by atoms with Gasteiger partial charge in [-0.1, -0.05) is 175 Å². The lowest BCUT2D eigenvalue weighted by Gasteiger charge is -2.41. The minimum atomic E-state index is -0.560. The number of unbranched alkanes of at least 4 members (excludes halogenated alkanes) is 20. The number of hydrogen-bond donors (Lipinski definition) is 0. The first kappa shape index (κ1) is 66.4. The second-order valence-electron chi connectivity index (χ2n) is 22.7. The zero-order valence-corrected chi connectivity index (χ0v) is 48.1. The number of amides is 1. The van der Waals surface area contributed by atoms with Crippen molar-refractivity contribution in [1.82, 2.24) is 9.80 Å². The molecule has 0 aliphatic carbocycles. The van der Waals surface area contributed by atoms with Crippen molar-refractivity contribution in [2.75, 3.05) is 59.2 Å². The minimum Gasteiger partial charge on any atom is -0.465 e. The van der Waals surface area contributed by atoms with Crippen molar-refractivity contribution in [1.29, 1.82) is 0 Å². The van der Waals surface area contributed by atoms with Gasteiger partial charge in [0.05, 0.1) is 13.2 Å². The Balaban J connectivity index is 1.79. The maximum Gasteiger partial charge on any atom is 0.305 e. The number of likely N-dealkylation sites (tertiary alicyclic amines) is 2. The van der Waals surface area contributed by atoms with Crippen LogP contribution in [0.1, 0.15) is 291 Å². The number of hydrogen-bond acceptors (Lipinski definition) is 10. The van der Waals surface area contributed by atoms with Gasteiger partial charge in [0, 0.05) is 50.6 Å². The summed E-state index contributed by atoms with van der Waals surface area (Å²) in [7, 11) is 0. The molecule has 0 spiro atoms. The third-order valence-electron chi connectivity index (χ3n) is 15.9. The van der Waals surface area contributed by atoms with Gasteiger partial charge < -0.3 is 28.7 Å². The number of nitrogens with zero attached hydrogens (tertiary/aromatic N) is 2. The highest BCUT2D eigenvalue weighted by atomic mass is 16.6. The number of ether oxygens (including phenoxy) is 4. The highest BCUT2D eigenvalue weighted by Crippen LogP contribution is 2.34. The molecule has 1 amide bonds. The van der Waals surface area contributed by atoms with Crippen LogP contribution in [0, 0.1) is 17.3 Å². The Labute approximate surface area is 448 Å². The first-order valence-electron chi connectivity index (χ1n) is 31.3. The van der Waals surface area contributed by atoms with Crippen LogP contribution in [0.2, 0.25) is 0 Å². The van der Waals surface area contributed by atoms with E-state index in [0.717, 1.165) is 64.6 Å². The quantitative estimate of drug-likeness (QED) is 0.0330. The van der Waals surface area contributed by atoms with Gasteiger partial charge in [0.15, 0.2) is 0 Å². The summed E-state index contributed by atoms with van der Waals surface area (Å²) in [5, 5.41) is 0. The Morgan fingerprint density at radius 3 is 1.12 bits per heavy atom. The Kier molecular flexibility index (Phi) is 41.4. The first-order valence-corrected chi connectivity index (χ1v) is 31.3. The third kappa shape index (κ3) is 36.1. The van der Waals surface area contributed by atoms with Gasteiger partial charge >= 0.3 is 23.9 Å². The summed E-state index contributed by atoms with van der Waals surface area (Å²) in [6, 6.07) is 0. The Morgan fingerprint density at radius 1 is 0.384 bits per heavy atom. The van der Waals surface area contributed by atoms with E-state index in [2.05, 4.69) is 32.6 Å². The molecule has 0 saturated carbocycles. The molecular formula is C62H114N2O9. The van der Waals surface area contributed by atoms with Gasteiger partial charge in [-0.25, -0.2) is 0 Å². The van der Waals surface area contributed by atoms with Gasteiger partial charge in [0.2, 0.25) is 5.91 Å². The standard InChI is InChI=1S/C62H114N2O9/c1-5-9-13-17-19-26-37-55(35-24-15-11-7-3)51-70-58(66)40-28-21-30-42-60(68)72-53-62(44-49-64(50-45-62)57(65)39-34-48-63-46-32-23-33-47-63)54-73-61(69)43-31-22-29-41-59(67)71-52-56(36-25-16-12-8-4)38-27-20-18-14-10-6-2/h55-56H,5-54H2,1-4H3. The maximum atomic E-state index is 13.3. The molecule has 2 unspecified atom stereocenters. The summed E-state index contributed by atoms with van der Waals surface area (Å²) >= 11 is 0. The molecule has 426 valence electrons. The molecule has 2 aliphatic heterocycles. The summed E-state index contributed by atoms with van der Waals surface area (Å²) in [5.74, 6) is 0.190. The van der Waals surface area contributed by atoms with E-state index in [9.17, 15) is 24.0 Å². The third-order valence-corrected chi connectivity index (χ3v) is 15.9. The molecule has 2 rings (SSSR count). The number of rotatable bonds is 48. The zero-order chi connectivity index (χ0) is 52.9. The molecule has 2 saturated heterocycles. The van der Waals surface area contributed by atoms with Crippen LogP contribution in [0.3, 0.4) is 0 Å². The molecule has 73 heavy (non-hydrogen) atoms. The molecule has 2 heterocycles. The van der Waals surface area contributed by atoms with Crippen LogP contribution in [0.5, 0.6) is 0 Å². The lowest BCUT2D eigenvalue weighted by molar-refractivity contribution is -0.158. The Morgan fingerprint density at radius 2 is 0.726 bits per heavy atom. The van der Waals surface area contributed by atoms with Crippen molar-refractivity contribution < 1.29 is 42.9 Å². The molecule has 0 aromatic carbocycles. The molecule has 2 fully saturated rings. The van der Waals surface area contributed by atoms with Crippen LogP contribution in [0.15, 0.2) is 0 Å². The van der Waals surface area contributed by atoms with Crippen molar-refractivity contribution in [2.24, 2.45) is 17.3 Å². The van der Waals surface area contributed by atoms with Gasteiger partial charge in [-0.3, -0.25) is 24.0 Å². The van der Waals surface area contributed by atoms with Gasteiger partial charge in [-0.15, -0.1) is 0 Å². The molecule has 2 atom stereocenters. The van der Waals surface area contributed by atoms with Crippen molar-refractivity contribution in [2.45, 2.75) is 291 Å². The van der Waals surface area contributed by atoms with Crippen LogP contribution < -0.4 is 0 Å². The Bertz CT molecular complexity index is 1300. The molecule has 0 N–H and O–H groups in total. The summed E-state index contributed by atoms with van der Waals surface area (Å²) in [5.41, 5.74) is -0.560. The Hall–Kier alpha value is -2.69. The minimum absolute atomic E-state index is 0.140. The summed E-state index contributed by atoms with van der Waals surface area (Å²) in [6.07, 6.45) is 41.3. The summed E-state index contributed by atoms with van der Waals surface area (Å²) in [6.45, 7) is 14.6. The summed E-state index contributed by atoms with van der Waals surface area (Å²) in [4.78, 5) is 69.3. The van der Waals surface area contributed by atoms with Gasteiger partial charge in [-0.2, -0.15) is 0 Å².